The number of rotatable bonds is 9. The molecular formula is C23H38N4O3. The molecular weight excluding hydrogens is 380 g/mol. The number of benzene rings is 1. The predicted molar refractivity (Wildman–Crippen MR) is 121 cm³/mol. The molecule has 0 aromatic heterocycles. The lowest BCUT2D eigenvalue weighted by atomic mass is 9.74. The highest BCUT2D eigenvalue weighted by atomic mass is 16.5. The van der Waals surface area contributed by atoms with Crippen LogP contribution >= 0.6 is 0 Å². The monoisotopic (exact) mass is 418 g/mol. The lowest BCUT2D eigenvalue weighted by molar-refractivity contribution is 0.0389. The third kappa shape index (κ3) is 6.59. The minimum atomic E-state index is 0.00948. The van der Waals surface area contributed by atoms with E-state index in [-0.39, 0.29) is 5.41 Å². The Hall–Kier alpha value is -1.83. The molecule has 2 aliphatic heterocycles. The zero-order valence-electron chi connectivity index (χ0n) is 18.6. The van der Waals surface area contributed by atoms with Gasteiger partial charge in [-0.25, -0.2) is 0 Å². The van der Waals surface area contributed by atoms with Crippen molar-refractivity contribution in [3.05, 3.63) is 29.8 Å². The molecule has 7 heteroatoms. The molecule has 3 rings (SSSR count). The van der Waals surface area contributed by atoms with E-state index in [4.69, 9.17) is 19.2 Å². The van der Waals surface area contributed by atoms with Gasteiger partial charge in [-0.05, 0) is 44.4 Å². The van der Waals surface area contributed by atoms with Crippen molar-refractivity contribution in [2.24, 2.45) is 4.99 Å². The fourth-order valence-corrected chi connectivity index (χ4v) is 4.10. The van der Waals surface area contributed by atoms with Crippen LogP contribution in [-0.4, -0.2) is 83.2 Å². The average molecular weight is 419 g/mol. The van der Waals surface area contributed by atoms with Crippen LogP contribution in [0, 0.1) is 0 Å². The summed E-state index contributed by atoms with van der Waals surface area (Å²) in [6.07, 6.45) is 1.97. The van der Waals surface area contributed by atoms with Gasteiger partial charge in [0.1, 0.15) is 5.75 Å². The summed E-state index contributed by atoms with van der Waals surface area (Å²) in [5.74, 6) is 1.81. The van der Waals surface area contributed by atoms with Crippen LogP contribution in [0.4, 0.5) is 0 Å². The molecule has 0 aliphatic carbocycles. The first-order chi connectivity index (χ1) is 14.8. The van der Waals surface area contributed by atoms with Crippen molar-refractivity contribution in [3.63, 3.8) is 0 Å². The van der Waals surface area contributed by atoms with Gasteiger partial charge in [0.2, 0.25) is 0 Å². The Morgan fingerprint density at radius 1 is 1.03 bits per heavy atom. The molecule has 30 heavy (non-hydrogen) atoms. The molecule has 0 radical (unpaired) electrons. The number of nitrogens with zero attached hydrogens (tertiary/aromatic N) is 2. The Balaban J connectivity index is 1.64. The second-order valence-corrected chi connectivity index (χ2v) is 7.93. The van der Waals surface area contributed by atoms with Gasteiger partial charge in [-0.3, -0.25) is 9.89 Å². The van der Waals surface area contributed by atoms with E-state index in [1.165, 1.54) is 5.56 Å². The Morgan fingerprint density at radius 2 is 1.73 bits per heavy atom. The smallest absolute Gasteiger partial charge is 0.191 e. The van der Waals surface area contributed by atoms with Crippen LogP contribution in [0.15, 0.2) is 29.3 Å². The summed E-state index contributed by atoms with van der Waals surface area (Å²) in [6.45, 7) is 13.5. The number of nitrogens with one attached hydrogen (secondary N) is 2. The molecule has 0 unspecified atom stereocenters. The quantitative estimate of drug-likeness (QED) is 0.472. The van der Waals surface area contributed by atoms with E-state index in [0.717, 1.165) is 90.2 Å². The summed E-state index contributed by atoms with van der Waals surface area (Å²) in [5, 5.41) is 6.91. The molecule has 0 amide bonds. The summed E-state index contributed by atoms with van der Waals surface area (Å²) in [5.41, 5.74) is 1.33. The second kappa shape index (κ2) is 12.1. The Kier molecular flexibility index (Phi) is 9.24. The normalized spacial score (nSPS) is 20.0. The maximum Gasteiger partial charge on any atom is 0.191 e. The zero-order chi connectivity index (χ0) is 21.1. The fraction of sp³-hybridized carbons (Fsp3) is 0.696. The number of morpholine rings is 1. The van der Waals surface area contributed by atoms with Crippen molar-refractivity contribution < 1.29 is 14.2 Å². The minimum absolute atomic E-state index is 0.00948. The first-order valence-corrected chi connectivity index (χ1v) is 11.4. The van der Waals surface area contributed by atoms with E-state index >= 15 is 0 Å². The summed E-state index contributed by atoms with van der Waals surface area (Å²) in [6, 6.07) is 8.55. The number of guanidine groups is 1. The van der Waals surface area contributed by atoms with Gasteiger partial charge >= 0.3 is 0 Å². The van der Waals surface area contributed by atoms with Crippen molar-refractivity contribution in [1.82, 2.24) is 15.5 Å². The second-order valence-electron chi connectivity index (χ2n) is 7.93. The van der Waals surface area contributed by atoms with E-state index in [1.54, 1.807) is 0 Å². The van der Waals surface area contributed by atoms with E-state index < -0.39 is 0 Å². The number of aliphatic imine (C=N–C) groups is 1. The molecule has 0 saturated carbocycles. The van der Waals surface area contributed by atoms with Crippen LogP contribution in [0.25, 0.3) is 0 Å². The fourth-order valence-electron chi connectivity index (χ4n) is 4.10. The molecule has 7 nitrogen and oxygen atoms in total. The summed E-state index contributed by atoms with van der Waals surface area (Å²) in [7, 11) is 0. The van der Waals surface area contributed by atoms with E-state index in [1.807, 2.05) is 6.92 Å². The Bertz CT molecular complexity index is 638. The van der Waals surface area contributed by atoms with Gasteiger partial charge in [-0.2, -0.15) is 0 Å². The molecule has 2 heterocycles. The largest absolute Gasteiger partial charge is 0.494 e. The molecule has 168 valence electrons. The molecule has 2 saturated heterocycles. The van der Waals surface area contributed by atoms with E-state index in [9.17, 15) is 0 Å². The topological polar surface area (TPSA) is 67.4 Å². The van der Waals surface area contributed by atoms with Crippen molar-refractivity contribution in [3.8, 4) is 5.75 Å². The van der Waals surface area contributed by atoms with Crippen LogP contribution in [0.1, 0.15) is 32.3 Å². The number of hydrogen-bond donors (Lipinski definition) is 2. The first kappa shape index (κ1) is 22.8. The third-order valence-corrected chi connectivity index (χ3v) is 5.94. The molecule has 2 N–H and O–H groups in total. The molecule has 2 fully saturated rings. The SMILES string of the molecule is CCNC(=NCC1(c2ccc(OCC)cc2)CCOCC1)NCCN1CCOCC1. The van der Waals surface area contributed by atoms with Crippen molar-refractivity contribution >= 4 is 5.96 Å². The van der Waals surface area contributed by atoms with Crippen molar-refractivity contribution in [2.75, 3.05) is 72.3 Å². The van der Waals surface area contributed by atoms with Gasteiger partial charge < -0.3 is 24.8 Å². The highest BCUT2D eigenvalue weighted by Crippen LogP contribution is 2.36. The van der Waals surface area contributed by atoms with Crippen LogP contribution in [-0.2, 0) is 14.9 Å². The van der Waals surface area contributed by atoms with E-state index in [2.05, 4.69) is 46.7 Å². The minimum Gasteiger partial charge on any atom is -0.494 e. The molecule has 1 aromatic carbocycles. The number of hydrogen-bond acceptors (Lipinski definition) is 5. The summed E-state index contributed by atoms with van der Waals surface area (Å²) < 4.78 is 16.7. The highest BCUT2D eigenvalue weighted by molar-refractivity contribution is 5.79. The average Bonchev–Trinajstić information content (AvgIpc) is 2.79. The van der Waals surface area contributed by atoms with Gasteiger partial charge in [-0.15, -0.1) is 0 Å². The van der Waals surface area contributed by atoms with E-state index in [0.29, 0.717) is 6.61 Å². The van der Waals surface area contributed by atoms with Gasteiger partial charge in [0, 0.05) is 51.4 Å². The lowest BCUT2D eigenvalue weighted by Crippen LogP contribution is -2.45. The summed E-state index contributed by atoms with van der Waals surface area (Å²) >= 11 is 0. The number of ether oxygens (including phenoxy) is 3. The van der Waals surface area contributed by atoms with Crippen LogP contribution in [0.3, 0.4) is 0 Å². The van der Waals surface area contributed by atoms with Gasteiger partial charge in [0.15, 0.2) is 5.96 Å². The van der Waals surface area contributed by atoms with Crippen LogP contribution in [0.2, 0.25) is 0 Å². The highest BCUT2D eigenvalue weighted by Gasteiger charge is 2.34. The van der Waals surface area contributed by atoms with Gasteiger partial charge in [0.25, 0.3) is 0 Å². The lowest BCUT2D eigenvalue weighted by Gasteiger charge is -2.36. The predicted octanol–water partition coefficient (Wildman–Crippen LogP) is 2.02. The molecule has 2 aliphatic rings. The third-order valence-electron chi connectivity index (χ3n) is 5.94. The molecule has 1 aromatic rings. The first-order valence-electron chi connectivity index (χ1n) is 11.4. The summed E-state index contributed by atoms with van der Waals surface area (Å²) in [4.78, 5) is 7.42. The van der Waals surface area contributed by atoms with Crippen molar-refractivity contribution in [1.29, 1.82) is 0 Å². The van der Waals surface area contributed by atoms with Crippen LogP contribution < -0.4 is 15.4 Å². The zero-order valence-corrected chi connectivity index (χ0v) is 18.6. The maximum atomic E-state index is 5.67. The van der Waals surface area contributed by atoms with Gasteiger partial charge in [0.05, 0.1) is 26.4 Å². The van der Waals surface area contributed by atoms with Gasteiger partial charge in [-0.1, -0.05) is 12.1 Å². The molecule has 0 atom stereocenters. The van der Waals surface area contributed by atoms with Crippen LogP contribution in [0.5, 0.6) is 5.75 Å². The Morgan fingerprint density at radius 3 is 2.40 bits per heavy atom. The standard InChI is InChI=1S/C23H38N4O3/c1-3-24-22(25-11-12-27-13-17-29-18-14-27)26-19-23(9-15-28-16-10-23)20-5-7-21(8-6-20)30-4-2/h5-8H,3-4,9-19H2,1-2H3,(H2,24,25,26). The van der Waals surface area contributed by atoms with Crippen molar-refractivity contribution in [2.45, 2.75) is 32.1 Å². The maximum absolute atomic E-state index is 5.67. The Labute approximate surface area is 181 Å². The molecule has 0 spiro atoms. The molecule has 0 bridgehead atoms.